The van der Waals surface area contributed by atoms with Crippen molar-refractivity contribution in [1.29, 1.82) is 0 Å². The van der Waals surface area contributed by atoms with Gasteiger partial charge in [-0.2, -0.15) is 0 Å². The lowest BCUT2D eigenvalue weighted by molar-refractivity contribution is -0.274. The van der Waals surface area contributed by atoms with Crippen molar-refractivity contribution in [3.63, 3.8) is 0 Å². The maximum atomic E-state index is 12.8. The molecule has 1 aliphatic rings. The SMILES string of the molecule is Oc1c(N=NC(=S)Nc2ccc(Br)cc2)c2cc(OC(F)(F)F)ccc2n1CN1CCOCC1. The van der Waals surface area contributed by atoms with Gasteiger partial charge in [-0.05, 0) is 54.7 Å². The number of rotatable bonds is 5. The van der Waals surface area contributed by atoms with Gasteiger partial charge in [0.1, 0.15) is 5.75 Å². The Labute approximate surface area is 206 Å². The quantitative estimate of drug-likeness (QED) is 0.305. The molecule has 0 aliphatic carbocycles. The van der Waals surface area contributed by atoms with E-state index in [-0.39, 0.29) is 22.1 Å². The highest BCUT2D eigenvalue weighted by Crippen LogP contribution is 2.41. The van der Waals surface area contributed by atoms with Crippen molar-refractivity contribution in [2.24, 2.45) is 10.2 Å². The Morgan fingerprint density at radius 1 is 1.18 bits per heavy atom. The molecule has 2 aromatic carbocycles. The summed E-state index contributed by atoms with van der Waals surface area (Å²) in [6, 6.07) is 11.0. The first kappa shape index (κ1) is 24.4. The monoisotopic (exact) mass is 557 g/mol. The zero-order chi connectivity index (χ0) is 24.3. The summed E-state index contributed by atoms with van der Waals surface area (Å²) in [6.45, 7) is 2.68. The Balaban J connectivity index is 1.66. The zero-order valence-electron chi connectivity index (χ0n) is 17.5. The first-order valence-electron chi connectivity index (χ1n) is 10.1. The Kier molecular flexibility index (Phi) is 7.36. The molecule has 0 spiro atoms. The van der Waals surface area contributed by atoms with Gasteiger partial charge in [-0.1, -0.05) is 15.9 Å². The van der Waals surface area contributed by atoms with Crippen molar-refractivity contribution in [3.8, 4) is 11.6 Å². The summed E-state index contributed by atoms with van der Waals surface area (Å²) >= 11 is 8.54. The number of halogens is 4. The first-order chi connectivity index (χ1) is 16.2. The van der Waals surface area contributed by atoms with Gasteiger partial charge in [-0.3, -0.25) is 9.47 Å². The number of hydrogen-bond donors (Lipinski definition) is 2. The highest BCUT2D eigenvalue weighted by molar-refractivity contribution is 9.10. The maximum Gasteiger partial charge on any atom is 0.573 e. The van der Waals surface area contributed by atoms with Crippen molar-refractivity contribution in [1.82, 2.24) is 9.47 Å². The van der Waals surface area contributed by atoms with E-state index < -0.39 is 12.1 Å². The average molecular weight is 558 g/mol. The number of alkyl halides is 3. The summed E-state index contributed by atoms with van der Waals surface area (Å²) in [5, 5.41) is 22.1. The number of aromatic hydroxyl groups is 1. The second kappa shape index (κ2) is 10.3. The topological polar surface area (TPSA) is 83.6 Å². The van der Waals surface area contributed by atoms with E-state index in [2.05, 4.69) is 36.2 Å². The lowest BCUT2D eigenvalue weighted by atomic mass is 10.2. The Bertz CT molecular complexity index is 1210. The molecule has 0 radical (unpaired) electrons. The number of nitrogens with zero attached hydrogens (tertiary/aromatic N) is 4. The highest BCUT2D eigenvalue weighted by atomic mass is 79.9. The second-order valence-electron chi connectivity index (χ2n) is 7.34. The van der Waals surface area contributed by atoms with Crippen molar-refractivity contribution >= 4 is 55.5 Å². The van der Waals surface area contributed by atoms with Crippen LogP contribution in [0.5, 0.6) is 11.6 Å². The van der Waals surface area contributed by atoms with Crippen molar-refractivity contribution in [2.45, 2.75) is 13.0 Å². The van der Waals surface area contributed by atoms with E-state index in [0.717, 1.165) is 10.5 Å². The molecule has 2 heterocycles. The van der Waals surface area contributed by atoms with Crippen LogP contribution in [-0.2, 0) is 11.4 Å². The van der Waals surface area contributed by atoms with Gasteiger partial charge in [-0.15, -0.1) is 23.4 Å². The Hall–Kier alpha value is -2.74. The molecule has 4 rings (SSSR count). The van der Waals surface area contributed by atoms with Crippen LogP contribution in [0, 0.1) is 0 Å². The zero-order valence-corrected chi connectivity index (χ0v) is 20.0. The number of benzene rings is 2. The molecule has 0 amide bonds. The van der Waals surface area contributed by atoms with Crippen molar-refractivity contribution in [3.05, 3.63) is 46.9 Å². The average Bonchev–Trinajstić information content (AvgIpc) is 3.04. The number of anilines is 1. The molecule has 1 fully saturated rings. The summed E-state index contributed by atoms with van der Waals surface area (Å²) < 4.78 is 50.1. The molecule has 34 heavy (non-hydrogen) atoms. The van der Waals surface area contributed by atoms with E-state index >= 15 is 0 Å². The molecule has 0 saturated carbocycles. The molecule has 1 aromatic heterocycles. The van der Waals surface area contributed by atoms with Crippen molar-refractivity contribution < 1.29 is 27.8 Å². The smallest absolute Gasteiger partial charge is 0.493 e. The minimum absolute atomic E-state index is 0.0125. The van der Waals surface area contributed by atoms with E-state index in [1.54, 1.807) is 16.7 Å². The predicted molar refractivity (Wildman–Crippen MR) is 128 cm³/mol. The minimum Gasteiger partial charge on any atom is -0.493 e. The third kappa shape index (κ3) is 6.03. The number of azo groups is 1. The van der Waals surface area contributed by atoms with Crippen molar-refractivity contribution in [2.75, 3.05) is 31.6 Å². The van der Waals surface area contributed by atoms with Gasteiger partial charge in [0.05, 0.1) is 25.4 Å². The van der Waals surface area contributed by atoms with Crippen LogP contribution in [0.3, 0.4) is 0 Å². The molecular formula is C21H19BrF3N5O3S. The largest absolute Gasteiger partial charge is 0.573 e. The molecule has 0 bridgehead atoms. The van der Waals surface area contributed by atoms with Gasteiger partial charge < -0.3 is 19.9 Å². The van der Waals surface area contributed by atoms with Gasteiger partial charge >= 0.3 is 6.36 Å². The van der Waals surface area contributed by atoms with Crippen LogP contribution in [0.1, 0.15) is 0 Å². The van der Waals surface area contributed by atoms with E-state index in [1.807, 2.05) is 17.0 Å². The fourth-order valence-electron chi connectivity index (χ4n) is 3.46. The van der Waals surface area contributed by atoms with Gasteiger partial charge in [0.2, 0.25) is 11.0 Å². The first-order valence-corrected chi connectivity index (χ1v) is 11.3. The van der Waals surface area contributed by atoms with Crippen LogP contribution in [-0.4, -0.2) is 52.4 Å². The van der Waals surface area contributed by atoms with Crippen LogP contribution in [0.15, 0.2) is 57.2 Å². The summed E-state index contributed by atoms with van der Waals surface area (Å²) in [5.41, 5.74) is 1.13. The lowest BCUT2D eigenvalue weighted by Gasteiger charge is -2.27. The molecule has 1 saturated heterocycles. The third-order valence-corrected chi connectivity index (χ3v) is 5.71. The molecule has 180 valence electrons. The summed E-state index contributed by atoms with van der Waals surface area (Å²) in [6.07, 6.45) is -4.86. The van der Waals surface area contributed by atoms with Crippen LogP contribution >= 0.6 is 28.1 Å². The molecule has 1 aliphatic heterocycles. The van der Waals surface area contributed by atoms with Gasteiger partial charge in [0.15, 0.2) is 5.69 Å². The summed E-state index contributed by atoms with van der Waals surface area (Å²) in [7, 11) is 0. The van der Waals surface area contributed by atoms with E-state index in [1.165, 1.54) is 12.1 Å². The van der Waals surface area contributed by atoms with Crippen LogP contribution in [0.2, 0.25) is 0 Å². The molecule has 13 heteroatoms. The number of morpholine rings is 1. The number of fused-ring (bicyclic) bond motifs is 1. The summed E-state index contributed by atoms with van der Waals surface area (Å²) in [4.78, 5) is 2.05. The molecular weight excluding hydrogens is 539 g/mol. The van der Waals surface area contributed by atoms with E-state index in [0.29, 0.717) is 44.2 Å². The molecule has 8 nitrogen and oxygen atoms in total. The number of aromatic nitrogens is 1. The highest BCUT2D eigenvalue weighted by Gasteiger charge is 2.31. The maximum absolute atomic E-state index is 12.8. The minimum atomic E-state index is -4.86. The second-order valence-corrected chi connectivity index (χ2v) is 8.64. The molecule has 0 atom stereocenters. The van der Waals surface area contributed by atoms with Crippen LogP contribution in [0.4, 0.5) is 24.5 Å². The number of ether oxygens (including phenoxy) is 2. The number of hydrogen-bond acceptors (Lipinski definition) is 6. The normalized spacial score (nSPS) is 15.2. The van der Waals surface area contributed by atoms with Gasteiger partial charge in [-0.25, -0.2) is 0 Å². The fourth-order valence-corrected chi connectivity index (χ4v) is 3.88. The van der Waals surface area contributed by atoms with Crippen LogP contribution < -0.4 is 10.1 Å². The molecule has 0 unspecified atom stereocenters. The van der Waals surface area contributed by atoms with Gasteiger partial charge in [0.25, 0.3) is 0 Å². The fraction of sp³-hybridized carbons (Fsp3) is 0.286. The molecule has 3 aromatic rings. The van der Waals surface area contributed by atoms with E-state index in [9.17, 15) is 18.3 Å². The van der Waals surface area contributed by atoms with Crippen LogP contribution in [0.25, 0.3) is 10.9 Å². The number of thiocarbonyl (C=S) groups is 1. The third-order valence-electron chi connectivity index (χ3n) is 5.00. The molecule has 2 N–H and O–H groups in total. The summed E-state index contributed by atoms with van der Waals surface area (Å²) in [5.74, 6) is -0.684. The Morgan fingerprint density at radius 2 is 1.88 bits per heavy atom. The Morgan fingerprint density at radius 3 is 2.56 bits per heavy atom. The van der Waals surface area contributed by atoms with E-state index in [4.69, 9.17) is 17.0 Å². The predicted octanol–water partition coefficient (Wildman–Crippen LogP) is 5.78. The standard InChI is InChI=1S/C21H19BrF3N5O3S/c22-13-1-3-14(4-2-13)26-20(34)28-27-18-16-11-15(33-21(23,24)25)5-6-17(16)30(19(18)31)12-29-7-9-32-10-8-29/h1-6,11,31H,7-10,12H2,(H,26,34). The van der Waals surface area contributed by atoms with Gasteiger partial charge in [0, 0.05) is 28.6 Å². The lowest BCUT2D eigenvalue weighted by Crippen LogP contribution is -2.37. The number of nitrogens with one attached hydrogen (secondary N) is 1.